The monoisotopic (exact) mass is 491 g/mol. The third-order valence-corrected chi connectivity index (χ3v) is 7.25. The maximum Gasteiger partial charge on any atom is 0.322 e. The number of carbonyl (C=O) groups excluding carboxylic acids is 2. The van der Waals surface area contributed by atoms with Crippen LogP contribution >= 0.6 is 11.3 Å². The van der Waals surface area contributed by atoms with Crippen molar-refractivity contribution in [1.82, 2.24) is 9.80 Å². The molecule has 1 heterocycles. The zero-order valence-electron chi connectivity index (χ0n) is 21.5. The van der Waals surface area contributed by atoms with Crippen LogP contribution in [0.15, 0.2) is 60.7 Å². The first-order chi connectivity index (χ1) is 16.8. The predicted octanol–water partition coefficient (Wildman–Crippen LogP) is 6.78. The number of hydrogen-bond donors (Lipinski definition) is 1. The van der Waals surface area contributed by atoms with Gasteiger partial charge < -0.3 is 15.1 Å². The van der Waals surface area contributed by atoms with E-state index >= 15 is 0 Å². The van der Waals surface area contributed by atoms with Crippen LogP contribution in [0.3, 0.4) is 0 Å². The molecular weight excluding hydrogens is 454 g/mol. The van der Waals surface area contributed by atoms with Crippen molar-refractivity contribution in [2.45, 2.75) is 54.1 Å². The second kappa shape index (κ2) is 12.5. The first kappa shape index (κ1) is 26.5. The molecule has 0 fully saturated rings. The number of aryl methyl sites for hydroxylation is 3. The van der Waals surface area contributed by atoms with Crippen molar-refractivity contribution >= 4 is 29.0 Å². The molecule has 0 bridgehead atoms. The lowest BCUT2D eigenvalue weighted by atomic mass is 10.1. The Kier molecular flexibility index (Phi) is 9.49. The lowest BCUT2D eigenvalue weighted by Gasteiger charge is -2.29. The van der Waals surface area contributed by atoms with Crippen molar-refractivity contribution in [3.8, 4) is 0 Å². The Morgan fingerprint density at radius 2 is 1.57 bits per heavy atom. The second-order valence-electron chi connectivity index (χ2n) is 9.34. The zero-order valence-corrected chi connectivity index (χ0v) is 22.3. The molecule has 3 aromatic rings. The Hall–Kier alpha value is -3.12. The van der Waals surface area contributed by atoms with Gasteiger partial charge in [-0.1, -0.05) is 68.8 Å². The predicted molar refractivity (Wildman–Crippen MR) is 146 cm³/mol. The van der Waals surface area contributed by atoms with Crippen molar-refractivity contribution in [2.75, 3.05) is 18.4 Å². The fraction of sp³-hybridized carbons (Fsp3) is 0.379. The summed E-state index contributed by atoms with van der Waals surface area (Å²) in [7, 11) is 0. The van der Waals surface area contributed by atoms with Crippen LogP contribution in [0.4, 0.5) is 10.5 Å². The minimum absolute atomic E-state index is 0.0400. The number of amides is 3. The fourth-order valence-corrected chi connectivity index (χ4v) is 4.89. The number of nitrogens with zero attached hydrogens (tertiary/aromatic N) is 2. The first-order valence-corrected chi connectivity index (χ1v) is 13.1. The van der Waals surface area contributed by atoms with Crippen LogP contribution in [-0.2, 0) is 17.9 Å². The van der Waals surface area contributed by atoms with Crippen molar-refractivity contribution in [1.29, 1.82) is 0 Å². The summed E-state index contributed by atoms with van der Waals surface area (Å²) in [4.78, 5) is 32.9. The molecule has 0 saturated carbocycles. The highest BCUT2D eigenvalue weighted by Gasteiger charge is 2.24. The Bertz CT molecular complexity index is 1110. The largest absolute Gasteiger partial charge is 0.332 e. The van der Waals surface area contributed by atoms with Gasteiger partial charge in [-0.05, 0) is 55.5 Å². The highest BCUT2D eigenvalue weighted by atomic mass is 32.1. The van der Waals surface area contributed by atoms with E-state index in [0.29, 0.717) is 19.6 Å². The molecule has 5 nitrogen and oxygen atoms in total. The number of thiophene rings is 1. The summed E-state index contributed by atoms with van der Waals surface area (Å²) in [6, 6.07) is 19.9. The number of hydrogen-bond acceptors (Lipinski definition) is 3. The van der Waals surface area contributed by atoms with Gasteiger partial charge in [-0.15, -0.1) is 11.3 Å². The Morgan fingerprint density at radius 3 is 2.17 bits per heavy atom. The van der Waals surface area contributed by atoms with Crippen LogP contribution in [0.1, 0.15) is 46.7 Å². The molecule has 35 heavy (non-hydrogen) atoms. The van der Waals surface area contributed by atoms with Crippen molar-refractivity contribution in [3.05, 3.63) is 87.1 Å². The Morgan fingerprint density at radius 1 is 0.886 bits per heavy atom. The number of carbonyl (C=O) groups is 2. The van der Waals surface area contributed by atoms with E-state index in [2.05, 4.69) is 38.2 Å². The average Bonchev–Trinajstić information content (AvgIpc) is 3.25. The van der Waals surface area contributed by atoms with Gasteiger partial charge in [0, 0.05) is 28.5 Å². The first-order valence-electron chi connectivity index (χ1n) is 12.3. The summed E-state index contributed by atoms with van der Waals surface area (Å²) in [5, 5.41) is 3.07. The summed E-state index contributed by atoms with van der Waals surface area (Å²) in [5.41, 5.74) is 3.90. The molecule has 0 aliphatic carbocycles. The molecule has 1 atom stereocenters. The standard InChI is InChI=1S/C29H37N3O2S/c1-6-21(2)17-32(29(34)30-28-22(3)11-10-12-23(28)4)20-27(33)31(18-25-13-8-7-9-14-25)19-26-16-15-24(5)35-26/h7-16,21H,6,17-20H2,1-5H3,(H,30,34). The maximum atomic E-state index is 13.6. The summed E-state index contributed by atoms with van der Waals surface area (Å²) < 4.78 is 0. The highest BCUT2D eigenvalue weighted by Crippen LogP contribution is 2.22. The molecule has 0 aliphatic rings. The number of nitrogens with one attached hydrogen (secondary N) is 1. The number of para-hydroxylation sites is 1. The molecule has 3 rings (SSSR count). The fourth-order valence-electron chi connectivity index (χ4n) is 3.98. The molecule has 6 heteroatoms. The average molecular weight is 492 g/mol. The molecule has 186 valence electrons. The van der Waals surface area contributed by atoms with E-state index in [-0.39, 0.29) is 24.4 Å². The Balaban J connectivity index is 1.81. The normalized spacial score (nSPS) is 11.7. The van der Waals surface area contributed by atoms with Crippen LogP contribution < -0.4 is 5.32 Å². The molecule has 3 amide bonds. The molecule has 0 aliphatic heterocycles. The van der Waals surface area contributed by atoms with E-state index < -0.39 is 0 Å². The zero-order chi connectivity index (χ0) is 25.4. The molecule has 0 radical (unpaired) electrons. The van der Waals surface area contributed by atoms with Crippen LogP contribution in [0.2, 0.25) is 0 Å². The van der Waals surface area contributed by atoms with Gasteiger partial charge in [0.1, 0.15) is 6.54 Å². The topological polar surface area (TPSA) is 52.7 Å². The minimum Gasteiger partial charge on any atom is -0.332 e. The molecule has 2 aromatic carbocycles. The van der Waals surface area contributed by atoms with Gasteiger partial charge in [0.15, 0.2) is 0 Å². The van der Waals surface area contributed by atoms with Gasteiger partial charge in [-0.3, -0.25) is 4.79 Å². The van der Waals surface area contributed by atoms with Crippen LogP contribution in [0.5, 0.6) is 0 Å². The molecular formula is C29H37N3O2S. The maximum absolute atomic E-state index is 13.6. The third-order valence-electron chi connectivity index (χ3n) is 6.27. The van der Waals surface area contributed by atoms with Gasteiger partial charge in [-0.25, -0.2) is 4.79 Å². The Labute approximate surface area is 213 Å². The summed E-state index contributed by atoms with van der Waals surface area (Å²) in [6.45, 7) is 11.9. The van der Waals surface area contributed by atoms with Gasteiger partial charge in [0.25, 0.3) is 0 Å². The number of benzene rings is 2. The summed E-state index contributed by atoms with van der Waals surface area (Å²) >= 11 is 1.70. The molecule has 1 N–H and O–H groups in total. The number of urea groups is 1. The molecule has 0 spiro atoms. The minimum atomic E-state index is -0.234. The van der Waals surface area contributed by atoms with E-state index in [9.17, 15) is 9.59 Å². The quantitative estimate of drug-likeness (QED) is 0.340. The number of anilines is 1. The van der Waals surface area contributed by atoms with E-state index in [1.54, 1.807) is 16.2 Å². The molecule has 1 aromatic heterocycles. The molecule has 0 saturated heterocycles. The summed E-state index contributed by atoms with van der Waals surface area (Å²) in [6.07, 6.45) is 0.934. The van der Waals surface area contributed by atoms with Gasteiger partial charge in [0.05, 0.1) is 6.54 Å². The van der Waals surface area contributed by atoms with Crippen molar-refractivity contribution in [3.63, 3.8) is 0 Å². The third kappa shape index (κ3) is 7.69. The summed E-state index contributed by atoms with van der Waals surface area (Å²) in [5.74, 6) is 0.230. The van der Waals surface area contributed by atoms with E-state index in [1.165, 1.54) is 4.88 Å². The van der Waals surface area contributed by atoms with Gasteiger partial charge in [0.2, 0.25) is 5.91 Å². The highest BCUT2D eigenvalue weighted by molar-refractivity contribution is 7.11. The second-order valence-corrected chi connectivity index (χ2v) is 10.7. The molecule has 1 unspecified atom stereocenters. The van der Waals surface area contributed by atoms with Crippen LogP contribution in [-0.4, -0.2) is 34.8 Å². The van der Waals surface area contributed by atoms with Crippen LogP contribution in [0, 0.1) is 26.7 Å². The number of rotatable bonds is 10. The van der Waals surface area contributed by atoms with Gasteiger partial charge in [-0.2, -0.15) is 0 Å². The van der Waals surface area contributed by atoms with E-state index in [1.807, 2.05) is 67.3 Å². The lowest BCUT2D eigenvalue weighted by Crippen LogP contribution is -2.45. The lowest BCUT2D eigenvalue weighted by molar-refractivity contribution is -0.133. The van der Waals surface area contributed by atoms with Crippen LogP contribution in [0.25, 0.3) is 0 Å². The van der Waals surface area contributed by atoms with Crippen molar-refractivity contribution in [2.24, 2.45) is 5.92 Å². The van der Waals surface area contributed by atoms with Crippen molar-refractivity contribution < 1.29 is 9.59 Å². The van der Waals surface area contributed by atoms with E-state index in [4.69, 9.17) is 0 Å². The van der Waals surface area contributed by atoms with Gasteiger partial charge >= 0.3 is 6.03 Å². The van der Waals surface area contributed by atoms with E-state index in [0.717, 1.165) is 33.7 Å². The smallest absolute Gasteiger partial charge is 0.322 e. The SMILES string of the molecule is CCC(C)CN(CC(=O)N(Cc1ccccc1)Cc1ccc(C)s1)C(=O)Nc1c(C)cccc1C.